The van der Waals surface area contributed by atoms with Gasteiger partial charge < -0.3 is 0 Å². The molecule has 0 aromatic carbocycles. The van der Waals surface area contributed by atoms with Crippen LogP contribution in [0.15, 0.2) is 0 Å². The Morgan fingerprint density at radius 3 is 2.47 bits per heavy atom. The largest absolute Gasteiger partial charge is 0.248 e. The fourth-order valence-corrected chi connectivity index (χ4v) is 1.86. The lowest BCUT2D eigenvalue weighted by molar-refractivity contribution is 0.508. The number of nitriles is 1. The molecule has 0 saturated carbocycles. The molecule has 0 radical (unpaired) electrons. The lowest BCUT2D eigenvalue weighted by Gasteiger charge is -2.13. The molecule has 0 saturated heterocycles. The Morgan fingerprint density at radius 1 is 1.33 bits per heavy atom. The van der Waals surface area contributed by atoms with Gasteiger partial charge in [0.2, 0.25) is 0 Å². The van der Waals surface area contributed by atoms with Crippen molar-refractivity contribution < 1.29 is 0 Å². The van der Waals surface area contributed by atoms with Crippen LogP contribution in [0.3, 0.4) is 0 Å². The van der Waals surface area contributed by atoms with E-state index in [1.807, 2.05) is 4.68 Å². The van der Waals surface area contributed by atoms with Gasteiger partial charge in [0, 0.05) is 12.5 Å². The molecule has 0 aliphatic rings. The van der Waals surface area contributed by atoms with Gasteiger partial charge in [0.25, 0.3) is 0 Å². The van der Waals surface area contributed by atoms with E-state index in [2.05, 4.69) is 37.2 Å². The Hall–Kier alpha value is -1.37. The predicted molar refractivity (Wildman–Crippen MR) is 58.4 cm³/mol. The summed E-state index contributed by atoms with van der Waals surface area (Å²) in [5, 5.41) is 16.9. The lowest BCUT2D eigenvalue weighted by atomic mass is 9.97. The molecule has 0 aliphatic carbocycles. The van der Waals surface area contributed by atoms with Crippen LogP contribution in [0.5, 0.6) is 0 Å². The number of aryl methyl sites for hydroxylation is 1. The second-order valence-corrected chi connectivity index (χ2v) is 3.67. The predicted octanol–water partition coefficient (Wildman–Crippen LogP) is 2.46. The minimum atomic E-state index is 0.404. The van der Waals surface area contributed by atoms with E-state index in [0.29, 0.717) is 11.6 Å². The molecule has 1 heterocycles. The SMILES string of the molecule is CCCn1nnc(C#N)c1C(CC)CC. The van der Waals surface area contributed by atoms with Crippen molar-refractivity contribution in [3.05, 3.63) is 11.4 Å². The van der Waals surface area contributed by atoms with Gasteiger partial charge in [-0.25, -0.2) is 4.68 Å². The summed E-state index contributed by atoms with van der Waals surface area (Å²) in [6.07, 6.45) is 3.08. The minimum absolute atomic E-state index is 0.404. The van der Waals surface area contributed by atoms with Gasteiger partial charge in [0.05, 0.1) is 5.69 Å². The molecule has 0 unspecified atom stereocenters. The average Bonchev–Trinajstić information content (AvgIpc) is 2.64. The molecule has 4 nitrogen and oxygen atoms in total. The first-order valence-electron chi connectivity index (χ1n) is 5.61. The second-order valence-electron chi connectivity index (χ2n) is 3.67. The number of hydrogen-bond acceptors (Lipinski definition) is 3. The van der Waals surface area contributed by atoms with Gasteiger partial charge in [-0.15, -0.1) is 5.10 Å². The third kappa shape index (κ3) is 2.35. The van der Waals surface area contributed by atoms with E-state index >= 15 is 0 Å². The van der Waals surface area contributed by atoms with Gasteiger partial charge >= 0.3 is 0 Å². The first-order chi connectivity index (χ1) is 7.28. The van der Waals surface area contributed by atoms with E-state index in [9.17, 15) is 0 Å². The van der Waals surface area contributed by atoms with Crippen molar-refractivity contribution in [2.24, 2.45) is 0 Å². The van der Waals surface area contributed by atoms with Crippen LogP contribution in [0.25, 0.3) is 0 Å². The van der Waals surface area contributed by atoms with E-state index < -0.39 is 0 Å². The summed E-state index contributed by atoms with van der Waals surface area (Å²) in [5.74, 6) is 0.404. The van der Waals surface area contributed by atoms with E-state index in [0.717, 1.165) is 31.5 Å². The Balaban J connectivity index is 3.09. The fourth-order valence-electron chi connectivity index (χ4n) is 1.86. The van der Waals surface area contributed by atoms with Crippen LogP contribution in [-0.4, -0.2) is 15.0 Å². The highest BCUT2D eigenvalue weighted by Gasteiger charge is 2.19. The molecule has 0 atom stereocenters. The van der Waals surface area contributed by atoms with Gasteiger partial charge in [-0.2, -0.15) is 5.26 Å². The zero-order valence-electron chi connectivity index (χ0n) is 9.69. The Morgan fingerprint density at radius 2 is 2.00 bits per heavy atom. The molecule has 0 bridgehead atoms. The molecule has 0 spiro atoms. The first-order valence-corrected chi connectivity index (χ1v) is 5.61. The maximum atomic E-state index is 8.97. The zero-order chi connectivity index (χ0) is 11.3. The molecule has 0 N–H and O–H groups in total. The highest BCUT2D eigenvalue weighted by molar-refractivity contribution is 5.27. The third-order valence-electron chi connectivity index (χ3n) is 2.69. The molecule has 1 aromatic heterocycles. The quantitative estimate of drug-likeness (QED) is 0.743. The molecule has 0 fully saturated rings. The van der Waals surface area contributed by atoms with E-state index in [4.69, 9.17) is 5.26 Å². The Kier molecular flexibility index (Phi) is 4.29. The van der Waals surface area contributed by atoms with E-state index in [1.165, 1.54) is 0 Å². The van der Waals surface area contributed by atoms with Crippen LogP contribution in [-0.2, 0) is 6.54 Å². The molecule has 1 rings (SSSR count). The van der Waals surface area contributed by atoms with Crippen LogP contribution < -0.4 is 0 Å². The molecule has 1 aromatic rings. The molecular formula is C11H18N4. The lowest BCUT2D eigenvalue weighted by Crippen LogP contribution is -2.09. The fraction of sp³-hybridized carbons (Fsp3) is 0.727. The summed E-state index contributed by atoms with van der Waals surface area (Å²) in [6.45, 7) is 7.22. The molecule has 82 valence electrons. The summed E-state index contributed by atoms with van der Waals surface area (Å²) in [5.41, 5.74) is 1.52. The van der Waals surface area contributed by atoms with Crippen LogP contribution in [0.2, 0.25) is 0 Å². The van der Waals surface area contributed by atoms with Crippen molar-refractivity contribution in [1.29, 1.82) is 5.26 Å². The second kappa shape index (κ2) is 5.50. The van der Waals surface area contributed by atoms with Crippen molar-refractivity contribution in [2.75, 3.05) is 0 Å². The summed E-state index contributed by atoms with van der Waals surface area (Å²) in [7, 11) is 0. The number of nitrogens with zero attached hydrogens (tertiary/aromatic N) is 4. The van der Waals surface area contributed by atoms with Crippen molar-refractivity contribution in [1.82, 2.24) is 15.0 Å². The Labute approximate surface area is 90.9 Å². The first kappa shape index (κ1) is 11.7. The van der Waals surface area contributed by atoms with Gasteiger partial charge in [0.15, 0.2) is 5.69 Å². The van der Waals surface area contributed by atoms with Crippen LogP contribution in [0.1, 0.15) is 57.3 Å². The maximum Gasteiger partial charge on any atom is 0.186 e. The standard InChI is InChI=1S/C11H18N4/c1-4-7-15-11(9(5-2)6-3)10(8-12)13-14-15/h9H,4-7H2,1-3H3. The topological polar surface area (TPSA) is 54.5 Å². The minimum Gasteiger partial charge on any atom is -0.248 e. The molecule has 15 heavy (non-hydrogen) atoms. The van der Waals surface area contributed by atoms with Gasteiger partial charge in [-0.3, -0.25) is 0 Å². The van der Waals surface area contributed by atoms with E-state index in [1.54, 1.807) is 0 Å². The van der Waals surface area contributed by atoms with Crippen molar-refractivity contribution in [3.63, 3.8) is 0 Å². The van der Waals surface area contributed by atoms with Gasteiger partial charge in [-0.1, -0.05) is 26.0 Å². The van der Waals surface area contributed by atoms with Crippen LogP contribution in [0, 0.1) is 11.3 Å². The number of rotatable bonds is 5. The van der Waals surface area contributed by atoms with Gasteiger partial charge in [0.1, 0.15) is 6.07 Å². The molecule has 0 aliphatic heterocycles. The van der Waals surface area contributed by atoms with Crippen LogP contribution in [0.4, 0.5) is 0 Å². The van der Waals surface area contributed by atoms with Gasteiger partial charge in [-0.05, 0) is 19.3 Å². The normalized spacial score (nSPS) is 10.6. The molecule has 4 heteroatoms. The maximum absolute atomic E-state index is 8.97. The summed E-state index contributed by atoms with van der Waals surface area (Å²) >= 11 is 0. The third-order valence-corrected chi connectivity index (χ3v) is 2.69. The van der Waals surface area contributed by atoms with Crippen molar-refractivity contribution >= 4 is 0 Å². The highest BCUT2D eigenvalue weighted by Crippen LogP contribution is 2.24. The van der Waals surface area contributed by atoms with E-state index in [-0.39, 0.29) is 0 Å². The summed E-state index contributed by atoms with van der Waals surface area (Å²) in [4.78, 5) is 0. The molecule has 0 amide bonds. The van der Waals surface area contributed by atoms with Crippen molar-refractivity contribution in [3.8, 4) is 6.07 Å². The Bertz CT molecular complexity index is 344. The average molecular weight is 206 g/mol. The smallest absolute Gasteiger partial charge is 0.186 e. The van der Waals surface area contributed by atoms with Crippen LogP contribution >= 0.6 is 0 Å². The number of aromatic nitrogens is 3. The summed E-state index contributed by atoms with van der Waals surface area (Å²) < 4.78 is 1.89. The van der Waals surface area contributed by atoms with Crippen molar-refractivity contribution in [2.45, 2.75) is 52.5 Å². The monoisotopic (exact) mass is 206 g/mol. The number of hydrogen-bond donors (Lipinski definition) is 0. The zero-order valence-corrected chi connectivity index (χ0v) is 9.69. The summed E-state index contributed by atoms with van der Waals surface area (Å²) in [6, 6.07) is 2.13. The highest BCUT2D eigenvalue weighted by atomic mass is 15.4. The molecular weight excluding hydrogens is 188 g/mol.